The van der Waals surface area contributed by atoms with E-state index in [0.717, 1.165) is 27.2 Å². The predicted octanol–water partition coefficient (Wildman–Crippen LogP) is 7.14. The SMILES string of the molecule is COC(=O)c1cccc(Oc2cc(Cl)ccc2CN(C(=O)OCC2c3ccccc3-c3ccccc32)C(C)C(=O)O)c1. The molecule has 0 saturated heterocycles. The van der Waals surface area contributed by atoms with Crippen LogP contribution in [0, 0.1) is 0 Å². The molecule has 1 aliphatic carbocycles. The Morgan fingerprint density at radius 2 is 1.57 bits per heavy atom. The van der Waals surface area contributed by atoms with Crippen LogP contribution in [0.4, 0.5) is 4.79 Å². The molecular weight excluding hydrogens is 558 g/mol. The first-order valence-electron chi connectivity index (χ1n) is 13.3. The number of methoxy groups -OCH3 is 1. The summed E-state index contributed by atoms with van der Waals surface area (Å²) in [5.74, 6) is -1.27. The Morgan fingerprint density at radius 3 is 2.21 bits per heavy atom. The molecule has 214 valence electrons. The van der Waals surface area contributed by atoms with Gasteiger partial charge in [-0.25, -0.2) is 14.4 Å². The normalized spacial score (nSPS) is 12.5. The quantitative estimate of drug-likeness (QED) is 0.208. The highest BCUT2D eigenvalue weighted by molar-refractivity contribution is 6.30. The van der Waals surface area contributed by atoms with Crippen LogP contribution < -0.4 is 4.74 Å². The van der Waals surface area contributed by atoms with Gasteiger partial charge in [0.25, 0.3) is 0 Å². The highest BCUT2D eigenvalue weighted by Crippen LogP contribution is 2.44. The molecule has 1 amide bonds. The van der Waals surface area contributed by atoms with Gasteiger partial charge in [-0.15, -0.1) is 0 Å². The molecule has 1 atom stereocenters. The number of benzene rings is 4. The number of hydrogen-bond acceptors (Lipinski definition) is 6. The summed E-state index contributed by atoms with van der Waals surface area (Å²) < 4.78 is 16.6. The maximum absolute atomic E-state index is 13.5. The first-order valence-corrected chi connectivity index (χ1v) is 13.6. The molecule has 0 spiro atoms. The molecular formula is C33H28ClNO7. The lowest BCUT2D eigenvalue weighted by molar-refractivity contribution is -0.142. The minimum absolute atomic E-state index is 0.0417. The third-order valence-corrected chi connectivity index (χ3v) is 7.48. The van der Waals surface area contributed by atoms with Crippen LogP contribution in [0.5, 0.6) is 11.5 Å². The van der Waals surface area contributed by atoms with Crippen LogP contribution in [0.25, 0.3) is 11.1 Å². The van der Waals surface area contributed by atoms with Crippen molar-refractivity contribution in [2.75, 3.05) is 13.7 Å². The van der Waals surface area contributed by atoms with Crippen LogP contribution in [0.3, 0.4) is 0 Å². The summed E-state index contributed by atoms with van der Waals surface area (Å²) >= 11 is 6.25. The summed E-state index contributed by atoms with van der Waals surface area (Å²) in [6.07, 6.45) is -0.777. The first kappa shape index (κ1) is 28.7. The highest BCUT2D eigenvalue weighted by atomic mass is 35.5. The lowest BCUT2D eigenvalue weighted by Gasteiger charge is -2.27. The zero-order valence-electron chi connectivity index (χ0n) is 23.0. The van der Waals surface area contributed by atoms with Crippen molar-refractivity contribution in [1.29, 1.82) is 0 Å². The second kappa shape index (κ2) is 12.4. The Hall–Kier alpha value is -4.82. The summed E-state index contributed by atoms with van der Waals surface area (Å²) in [6, 6.07) is 26.0. The molecule has 0 bridgehead atoms. The van der Waals surface area contributed by atoms with Gasteiger partial charge in [-0.2, -0.15) is 0 Å². The lowest BCUT2D eigenvalue weighted by Crippen LogP contribution is -2.43. The predicted molar refractivity (Wildman–Crippen MR) is 157 cm³/mol. The van der Waals surface area contributed by atoms with Crippen LogP contribution in [0.1, 0.15) is 39.9 Å². The van der Waals surface area contributed by atoms with Crippen molar-refractivity contribution in [1.82, 2.24) is 4.90 Å². The number of ether oxygens (including phenoxy) is 3. The topological polar surface area (TPSA) is 102 Å². The van der Waals surface area contributed by atoms with Crippen molar-refractivity contribution in [2.45, 2.75) is 25.4 Å². The Morgan fingerprint density at radius 1 is 0.905 bits per heavy atom. The minimum Gasteiger partial charge on any atom is -0.480 e. The van der Waals surface area contributed by atoms with Gasteiger partial charge < -0.3 is 19.3 Å². The lowest BCUT2D eigenvalue weighted by atomic mass is 9.98. The van der Waals surface area contributed by atoms with Gasteiger partial charge in [0.05, 0.1) is 19.2 Å². The van der Waals surface area contributed by atoms with E-state index >= 15 is 0 Å². The second-order valence-electron chi connectivity index (χ2n) is 9.82. The van der Waals surface area contributed by atoms with Crippen LogP contribution in [0.2, 0.25) is 5.02 Å². The number of amides is 1. The molecule has 9 heteroatoms. The number of hydrogen-bond donors (Lipinski definition) is 1. The molecule has 42 heavy (non-hydrogen) atoms. The van der Waals surface area contributed by atoms with Crippen LogP contribution >= 0.6 is 11.6 Å². The van der Waals surface area contributed by atoms with Crippen molar-refractivity contribution in [3.8, 4) is 22.6 Å². The van der Waals surface area contributed by atoms with E-state index in [-0.39, 0.29) is 19.1 Å². The fourth-order valence-corrected chi connectivity index (χ4v) is 5.20. The molecule has 0 saturated carbocycles. The van der Waals surface area contributed by atoms with E-state index in [4.69, 9.17) is 25.8 Å². The van der Waals surface area contributed by atoms with E-state index in [1.807, 2.05) is 48.5 Å². The Balaban J connectivity index is 1.39. The zero-order chi connectivity index (χ0) is 29.8. The third kappa shape index (κ3) is 5.94. The van der Waals surface area contributed by atoms with Crippen LogP contribution in [0.15, 0.2) is 91.0 Å². The number of rotatable bonds is 9. The molecule has 1 unspecified atom stereocenters. The van der Waals surface area contributed by atoms with Gasteiger partial charge in [0.2, 0.25) is 0 Å². The van der Waals surface area contributed by atoms with Gasteiger partial charge in [-0.05, 0) is 59.5 Å². The zero-order valence-corrected chi connectivity index (χ0v) is 23.7. The molecule has 0 heterocycles. The van der Waals surface area contributed by atoms with E-state index in [1.54, 1.807) is 36.4 Å². The van der Waals surface area contributed by atoms with Crippen LogP contribution in [-0.4, -0.2) is 47.8 Å². The monoisotopic (exact) mass is 585 g/mol. The van der Waals surface area contributed by atoms with Gasteiger partial charge in [0, 0.05) is 16.5 Å². The number of aliphatic carboxylic acids is 1. The average Bonchev–Trinajstić information content (AvgIpc) is 3.32. The molecule has 1 aliphatic rings. The number of carbonyl (C=O) groups is 3. The fourth-order valence-electron chi connectivity index (χ4n) is 5.04. The third-order valence-electron chi connectivity index (χ3n) is 7.25. The van der Waals surface area contributed by atoms with E-state index in [1.165, 1.54) is 20.1 Å². The Kier molecular flexibility index (Phi) is 8.45. The molecule has 4 aromatic rings. The number of halogens is 1. The summed E-state index contributed by atoms with van der Waals surface area (Å²) in [4.78, 5) is 38.6. The smallest absolute Gasteiger partial charge is 0.410 e. The number of fused-ring (bicyclic) bond motifs is 3. The maximum atomic E-state index is 13.5. The number of carboxylic acids is 1. The van der Waals surface area contributed by atoms with Crippen molar-refractivity contribution in [3.05, 3.63) is 118 Å². The average molecular weight is 586 g/mol. The van der Waals surface area contributed by atoms with Gasteiger partial charge in [-0.1, -0.05) is 72.3 Å². The maximum Gasteiger partial charge on any atom is 0.410 e. The summed E-state index contributed by atoms with van der Waals surface area (Å²) in [5, 5.41) is 10.2. The Bertz CT molecular complexity index is 1610. The molecule has 1 N–H and O–H groups in total. The van der Waals surface area contributed by atoms with Gasteiger partial charge in [0.1, 0.15) is 24.1 Å². The minimum atomic E-state index is -1.20. The number of carbonyl (C=O) groups excluding carboxylic acids is 2. The first-order chi connectivity index (χ1) is 20.3. The second-order valence-corrected chi connectivity index (χ2v) is 10.3. The van der Waals surface area contributed by atoms with Crippen molar-refractivity contribution < 1.29 is 33.7 Å². The highest BCUT2D eigenvalue weighted by Gasteiger charge is 2.32. The van der Waals surface area contributed by atoms with Gasteiger partial charge in [-0.3, -0.25) is 4.90 Å². The molecule has 4 aromatic carbocycles. The van der Waals surface area contributed by atoms with E-state index in [2.05, 4.69) is 0 Å². The largest absolute Gasteiger partial charge is 0.480 e. The standard InChI is InChI=1S/C33H28ClNO7/c1-20(31(36)37)35(33(39)41-19-29-27-12-5-3-10-25(27)26-11-4-6-13-28(26)29)18-22-14-15-23(34)17-30(22)42-24-9-7-8-21(16-24)32(38)40-2/h3-17,20,29H,18-19H2,1-2H3,(H,36,37). The number of esters is 1. The van der Waals surface area contributed by atoms with Crippen molar-refractivity contribution >= 4 is 29.6 Å². The summed E-state index contributed by atoms with van der Waals surface area (Å²) in [5.41, 5.74) is 5.05. The van der Waals surface area contributed by atoms with E-state index in [0.29, 0.717) is 27.6 Å². The summed E-state index contributed by atoms with van der Waals surface area (Å²) in [6.45, 7) is 1.33. The molecule has 0 aliphatic heterocycles. The van der Waals surface area contributed by atoms with E-state index in [9.17, 15) is 19.5 Å². The van der Waals surface area contributed by atoms with Crippen molar-refractivity contribution in [3.63, 3.8) is 0 Å². The number of nitrogens with zero attached hydrogens (tertiary/aromatic N) is 1. The Labute approximate surface area is 248 Å². The van der Waals surface area contributed by atoms with Gasteiger partial charge >= 0.3 is 18.0 Å². The fraction of sp³-hybridized carbons (Fsp3) is 0.182. The molecule has 0 radical (unpaired) electrons. The van der Waals surface area contributed by atoms with Crippen molar-refractivity contribution in [2.24, 2.45) is 0 Å². The van der Waals surface area contributed by atoms with E-state index < -0.39 is 24.1 Å². The molecule has 0 aromatic heterocycles. The molecule has 5 rings (SSSR count). The number of carboxylic acid groups (broad SMARTS) is 1. The molecule has 8 nitrogen and oxygen atoms in total. The van der Waals surface area contributed by atoms with Gasteiger partial charge in [0.15, 0.2) is 0 Å². The molecule has 0 fully saturated rings. The van der Waals surface area contributed by atoms with Crippen LogP contribution in [-0.2, 0) is 20.8 Å². The summed E-state index contributed by atoms with van der Waals surface area (Å²) in [7, 11) is 1.28.